The molecule has 2 aromatic carbocycles. The van der Waals surface area contributed by atoms with E-state index in [1.807, 2.05) is 0 Å². The van der Waals surface area contributed by atoms with E-state index in [1.165, 1.54) is 31.2 Å². The second-order valence-electron chi connectivity index (χ2n) is 9.77. The molecule has 0 bridgehead atoms. The lowest BCUT2D eigenvalue weighted by atomic mass is 9.72. The van der Waals surface area contributed by atoms with Gasteiger partial charge in [0.05, 0.1) is 28.7 Å². The molecule has 5 N–H and O–H groups in total. The Balaban J connectivity index is 1.68. The van der Waals surface area contributed by atoms with E-state index in [2.05, 4.69) is 15.9 Å². The van der Waals surface area contributed by atoms with Gasteiger partial charge in [0.1, 0.15) is 29.3 Å². The van der Waals surface area contributed by atoms with E-state index in [-0.39, 0.29) is 27.6 Å². The van der Waals surface area contributed by atoms with Gasteiger partial charge in [0, 0.05) is 35.1 Å². The standard InChI is InChI=1S/C26H24BrFO10/c1-9-19(30)24(35)18(28)25(37-9)38-13-7-26(36,14(29)8-27)6-12-15(13)23(34)17-16(22(12)33)20(31)10-4-2-3-5-11(10)21(17)32/h2-5,9,13,18-19,24-25,30,33-36H,6-8H2,1H3/t9?,13-,18?,19?,24?,25?,26+/m1/s1. The molecule has 5 unspecified atom stereocenters. The van der Waals surface area contributed by atoms with Crippen molar-refractivity contribution in [3.05, 3.63) is 57.6 Å². The summed E-state index contributed by atoms with van der Waals surface area (Å²) in [5.41, 5.74) is -3.59. The van der Waals surface area contributed by atoms with Crippen LogP contribution in [0.4, 0.5) is 4.39 Å². The van der Waals surface area contributed by atoms with Crippen LogP contribution < -0.4 is 0 Å². The Bertz CT molecular complexity index is 1360. The van der Waals surface area contributed by atoms with Crippen LogP contribution in [0, 0.1) is 0 Å². The number of aliphatic hydroxyl groups excluding tert-OH is 2. The number of phenols is 2. The summed E-state index contributed by atoms with van der Waals surface area (Å²) < 4.78 is 26.1. The van der Waals surface area contributed by atoms with Crippen LogP contribution in [0.5, 0.6) is 11.5 Å². The average Bonchev–Trinajstić information content (AvgIpc) is 2.90. The Morgan fingerprint density at radius 2 is 1.68 bits per heavy atom. The third-order valence-electron chi connectivity index (χ3n) is 7.48. The van der Waals surface area contributed by atoms with Crippen molar-refractivity contribution in [1.82, 2.24) is 0 Å². The van der Waals surface area contributed by atoms with Crippen molar-refractivity contribution in [1.29, 1.82) is 0 Å². The first-order valence-corrected chi connectivity index (χ1v) is 12.9. The number of ether oxygens (including phenoxy) is 2. The highest BCUT2D eigenvalue weighted by molar-refractivity contribution is 9.09. The Kier molecular flexibility index (Phi) is 6.69. The number of hydrogen-bond acceptors (Lipinski definition) is 10. The number of halogens is 2. The number of Topliss-reactive ketones (excluding diaryl/α,β-unsaturated/α-hetero) is 1. The Morgan fingerprint density at radius 1 is 1.11 bits per heavy atom. The number of rotatable bonds is 4. The molecule has 1 saturated heterocycles. The molecule has 12 heteroatoms. The number of benzene rings is 2. The molecule has 202 valence electrons. The van der Waals surface area contributed by atoms with Crippen LogP contribution in [0.2, 0.25) is 0 Å². The maximum atomic E-state index is 14.9. The first-order chi connectivity index (χ1) is 17.9. The smallest absolute Gasteiger partial charge is 0.198 e. The number of aromatic hydroxyl groups is 2. The van der Waals surface area contributed by atoms with E-state index in [9.17, 15) is 44.3 Å². The van der Waals surface area contributed by atoms with E-state index in [4.69, 9.17) is 9.47 Å². The molecule has 1 fully saturated rings. The van der Waals surface area contributed by atoms with Crippen molar-refractivity contribution in [2.24, 2.45) is 0 Å². The third-order valence-corrected chi connectivity index (χ3v) is 7.99. The van der Waals surface area contributed by atoms with Crippen LogP contribution in [0.25, 0.3) is 0 Å². The number of aliphatic hydroxyl groups is 3. The monoisotopic (exact) mass is 594 g/mol. The lowest BCUT2D eigenvalue weighted by molar-refractivity contribution is -0.294. The van der Waals surface area contributed by atoms with Gasteiger partial charge in [-0.05, 0) is 6.92 Å². The van der Waals surface area contributed by atoms with Gasteiger partial charge in [-0.1, -0.05) is 40.2 Å². The molecule has 38 heavy (non-hydrogen) atoms. The molecule has 10 nitrogen and oxygen atoms in total. The zero-order chi connectivity index (χ0) is 27.7. The lowest BCUT2D eigenvalue weighted by Crippen LogP contribution is -2.56. The first-order valence-electron chi connectivity index (χ1n) is 11.8. The molecule has 2 aromatic rings. The summed E-state index contributed by atoms with van der Waals surface area (Å²) in [4.78, 5) is 39.4. The molecule has 1 aliphatic heterocycles. The van der Waals surface area contributed by atoms with Crippen LogP contribution in [-0.2, 0) is 20.7 Å². The predicted molar refractivity (Wildman–Crippen MR) is 130 cm³/mol. The van der Waals surface area contributed by atoms with Gasteiger partial charge in [0.15, 0.2) is 29.8 Å². The van der Waals surface area contributed by atoms with Crippen molar-refractivity contribution >= 4 is 33.3 Å². The molecule has 3 aliphatic rings. The number of fused-ring (bicyclic) bond motifs is 3. The summed E-state index contributed by atoms with van der Waals surface area (Å²) in [5.74, 6) is -3.65. The normalized spacial score (nSPS) is 32.4. The summed E-state index contributed by atoms with van der Waals surface area (Å²) >= 11 is 3.00. The fraction of sp³-hybridized carbons (Fsp3) is 0.423. The van der Waals surface area contributed by atoms with E-state index in [0.717, 1.165) is 0 Å². The van der Waals surface area contributed by atoms with Crippen LogP contribution in [0.1, 0.15) is 62.4 Å². The first kappa shape index (κ1) is 26.9. The summed E-state index contributed by atoms with van der Waals surface area (Å²) in [6, 6.07) is 5.86. The van der Waals surface area contributed by atoms with Gasteiger partial charge in [0.2, 0.25) is 0 Å². The Morgan fingerprint density at radius 3 is 2.26 bits per heavy atom. The topological polar surface area (TPSA) is 171 Å². The fourth-order valence-electron chi connectivity index (χ4n) is 5.40. The average molecular weight is 595 g/mol. The van der Waals surface area contributed by atoms with Crippen molar-refractivity contribution in [3.63, 3.8) is 0 Å². The molecule has 5 rings (SSSR count). The van der Waals surface area contributed by atoms with Gasteiger partial charge < -0.3 is 35.0 Å². The van der Waals surface area contributed by atoms with E-state index in [0.29, 0.717) is 0 Å². The minimum absolute atomic E-state index is 0.00395. The molecule has 0 saturated carbocycles. The van der Waals surface area contributed by atoms with E-state index in [1.54, 1.807) is 0 Å². The second-order valence-corrected chi connectivity index (χ2v) is 10.3. The number of carbonyl (C=O) groups excluding carboxylic acids is 3. The third kappa shape index (κ3) is 3.90. The molecule has 0 amide bonds. The van der Waals surface area contributed by atoms with Gasteiger partial charge in [-0.3, -0.25) is 14.4 Å². The highest BCUT2D eigenvalue weighted by Crippen LogP contribution is 2.52. The molecule has 0 radical (unpaired) electrons. The molecule has 2 aliphatic carbocycles. The highest BCUT2D eigenvalue weighted by atomic mass is 79.9. The minimum Gasteiger partial charge on any atom is -0.507 e. The Hall–Kier alpha value is -2.74. The summed E-state index contributed by atoms with van der Waals surface area (Å²) in [5, 5.41) is 53.6. The van der Waals surface area contributed by atoms with Crippen LogP contribution in [-0.4, -0.2) is 84.6 Å². The van der Waals surface area contributed by atoms with E-state index >= 15 is 0 Å². The summed E-state index contributed by atoms with van der Waals surface area (Å²) in [7, 11) is 0. The van der Waals surface area contributed by atoms with Crippen LogP contribution >= 0.6 is 15.9 Å². The zero-order valence-corrected chi connectivity index (χ0v) is 21.5. The number of carbonyl (C=O) groups is 3. The number of phenolic OH excluding ortho intramolecular Hbond substituents is 2. The molecular weight excluding hydrogens is 571 g/mol. The van der Waals surface area contributed by atoms with Crippen LogP contribution in [0.15, 0.2) is 24.3 Å². The number of alkyl halides is 2. The van der Waals surface area contributed by atoms with Crippen molar-refractivity contribution < 1.29 is 53.8 Å². The van der Waals surface area contributed by atoms with Gasteiger partial charge in [0.25, 0.3) is 0 Å². The molecule has 1 heterocycles. The Labute approximate surface area is 223 Å². The van der Waals surface area contributed by atoms with Gasteiger partial charge in [-0.2, -0.15) is 0 Å². The van der Waals surface area contributed by atoms with Gasteiger partial charge in [-0.25, -0.2) is 4.39 Å². The highest BCUT2D eigenvalue weighted by Gasteiger charge is 2.51. The maximum absolute atomic E-state index is 14.9. The van der Waals surface area contributed by atoms with Gasteiger partial charge in [-0.15, -0.1) is 0 Å². The largest absolute Gasteiger partial charge is 0.507 e. The summed E-state index contributed by atoms with van der Waals surface area (Å²) in [6.45, 7) is 1.37. The predicted octanol–water partition coefficient (Wildman–Crippen LogP) is 1.38. The molecule has 0 spiro atoms. The minimum atomic E-state index is -2.25. The number of hydrogen-bond donors (Lipinski definition) is 5. The quantitative estimate of drug-likeness (QED) is 0.219. The number of ketones is 3. The van der Waals surface area contributed by atoms with Gasteiger partial charge >= 0.3 is 0 Å². The van der Waals surface area contributed by atoms with E-state index < -0.39 is 95.3 Å². The molecule has 0 aromatic heterocycles. The van der Waals surface area contributed by atoms with Crippen LogP contribution in [0.3, 0.4) is 0 Å². The second kappa shape index (κ2) is 9.47. The molecular formula is C26H24BrFO10. The summed E-state index contributed by atoms with van der Waals surface area (Å²) in [6.07, 6.45) is -11.2. The SMILES string of the molecule is CC1OC(O[C@@H]2C[C@](O)(C(=O)CBr)Cc3c(O)c4c(c(O)c32)C(=O)c2ccccc2C4=O)C(F)C(O)C1O. The van der Waals surface area contributed by atoms with Crippen molar-refractivity contribution in [3.8, 4) is 11.5 Å². The maximum Gasteiger partial charge on any atom is 0.198 e. The fourth-order valence-corrected chi connectivity index (χ4v) is 5.92. The zero-order valence-electron chi connectivity index (χ0n) is 19.9. The van der Waals surface area contributed by atoms with Crippen molar-refractivity contribution in [2.75, 3.05) is 5.33 Å². The molecule has 7 atom stereocenters. The van der Waals surface area contributed by atoms with Crippen molar-refractivity contribution in [2.45, 2.75) is 62.2 Å². The lowest BCUT2D eigenvalue weighted by Gasteiger charge is -2.43.